The molecule has 0 aromatic heterocycles. The molecule has 1 aromatic carbocycles. The second kappa shape index (κ2) is 4.92. The summed E-state index contributed by atoms with van der Waals surface area (Å²) in [5.41, 5.74) is 0.372. The molecule has 0 spiro atoms. The van der Waals surface area contributed by atoms with Crippen molar-refractivity contribution in [2.75, 3.05) is 6.54 Å². The lowest BCUT2D eigenvalue weighted by Gasteiger charge is -2.35. The number of hydrogen-bond donors (Lipinski definition) is 0. The van der Waals surface area contributed by atoms with Crippen LogP contribution in [0.1, 0.15) is 25.3 Å². The van der Waals surface area contributed by atoms with Crippen LogP contribution in [0.15, 0.2) is 36.9 Å². The lowest BCUT2D eigenvalue weighted by atomic mass is 9.90. The Labute approximate surface area is 107 Å². The molecule has 0 radical (unpaired) electrons. The Kier molecular flexibility index (Phi) is 3.50. The van der Waals surface area contributed by atoms with Crippen LogP contribution in [0.5, 0.6) is 0 Å². The fourth-order valence-corrected chi connectivity index (χ4v) is 2.75. The number of hydrogen-bond acceptors (Lipinski definition) is 1. The predicted octanol–water partition coefficient (Wildman–Crippen LogP) is 2.94. The summed E-state index contributed by atoms with van der Waals surface area (Å²) in [6, 6.07) is 6.77. The van der Waals surface area contributed by atoms with Crippen molar-refractivity contribution in [1.29, 1.82) is 0 Å². The molecule has 1 atom stereocenters. The molecule has 0 aliphatic carbocycles. The zero-order valence-electron chi connectivity index (χ0n) is 10.7. The van der Waals surface area contributed by atoms with Crippen molar-refractivity contribution < 1.29 is 9.18 Å². The van der Waals surface area contributed by atoms with Gasteiger partial charge in [0.1, 0.15) is 5.82 Å². The summed E-state index contributed by atoms with van der Waals surface area (Å²) in [6.45, 7) is 6.28. The molecule has 1 aromatic rings. The normalized spacial score (nSPS) is 23.1. The van der Waals surface area contributed by atoms with E-state index in [1.54, 1.807) is 12.1 Å². The second-order valence-corrected chi connectivity index (χ2v) is 5.06. The first-order valence-corrected chi connectivity index (χ1v) is 6.24. The van der Waals surface area contributed by atoms with Crippen LogP contribution in [0, 0.1) is 5.82 Å². The first-order valence-electron chi connectivity index (χ1n) is 6.24. The highest BCUT2D eigenvalue weighted by atomic mass is 19.1. The number of carbonyl (C=O) groups is 1. The molecule has 1 heterocycles. The van der Waals surface area contributed by atoms with Crippen molar-refractivity contribution in [1.82, 2.24) is 4.90 Å². The molecule has 0 saturated carbocycles. The maximum Gasteiger partial charge on any atom is 0.246 e. The van der Waals surface area contributed by atoms with Crippen LogP contribution >= 0.6 is 0 Å². The monoisotopic (exact) mass is 247 g/mol. The van der Waals surface area contributed by atoms with E-state index in [-0.39, 0.29) is 17.3 Å². The third-order valence-corrected chi connectivity index (χ3v) is 3.72. The molecule has 1 saturated heterocycles. The topological polar surface area (TPSA) is 20.3 Å². The molecular formula is C15H18FNO. The Morgan fingerprint density at radius 2 is 2.28 bits per heavy atom. The van der Waals surface area contributed by atoms with E-state index in [0.29, 0.717) is 12.0 Å². The number of benzene rings is 1. The summed E-state index contributed by atoms with van der Waals surface area (Å²) >= 11 is 0. The number of amides is 1. The summed E-state index contributed by atoms with van der Waals surface area (Å²) in [6.07, 6.45) is 3.76. The highest BCUT2D eigenvalue weighted by Gasteiger charge is 2.39. The molecule has 0 N–H and O–H groups in total. The van der Waals surface area contributed by atoms with Crippen LogP contribution in [0.25, 0.3) is 0 Å². The van der Waals surface area contributed by atoms with Crippen molar-refractivity contribution in [3.05, 3.63) is 48.3 Å². The van der Waals surface area contributed by atoms with E-state index < -0.39 is 0 Å². The molecule has 18 heavy (non-hydrogen) atoms. The van der Waals surface area contributed by atoms with Crippen LogP contribution in [0.3, 0.4) is 0 Å². The first-order chi connectivity index (χ1) is 8.57. The van der Waals surface area contributed by atoms with Gasteiger partial charge in [0.05, 0.1) is 0 Å². The summed E-state index contributed by atoms with van der Waals surface area (Å²) in [7, 11) is 0. The van der Waals surface area contributed by atoms with Gasteiger partial charge in [0.25, 0.3) is 0 Å². The van der Waals surface area contributed by atoms with E-state index >= 15 is 0 Å². The van der Waals surface area contributed by atoms with Gasteiger partial charge in [-0.25, -0.2) is 4.39 Å². The van der Waals surface area contributed by atoms with E-state index in [4.69, 9.17) is 0 Å². The number of rotatable bonds is 3. The molecule has 1 fully saturated rings. The molecular weight excluding hydrogens is 229 g/mol. The summed E-state index contributed by atoms with van der Waals surface area (Å²) in [5, 5.41) is 0. The van der Waals surface area contributed by atoms with Crippen LogP contribution in [-0.4, -0.2) is 22.9 Å². The van der Waals surface area contributed by atoms with Gasteiger partial charge in [0, 0.05) is 12.1 Å². The highest BCUT2D eigenvalue weighted by molar-refractivity contribution is 5.87. The molecule has 1 amide bonds. The van der Waals surface area contributed by atoms with Crippen LogP contribution in [0.2, 0.25) is 0 Å². The van der Waals surface area contributed by atoms with Crippen molar-refractivity contribution in [3.63, 3.8) is 0 Å². The quantitative estimate of drug-likeness (QED) is 0.752. The van der Waals surface area contributed by atoms with E-state index in [1.165, 1.54) is 12.1 Å². The van der Waals surface area contributed by atoms with Crippen LogP contribution in [-0.2, 0) is 11.2 Å². The Bertz CT molecular complexity index is 471. The highest BCUT2D eigenvalue weighted by Crippen LogP contribution is 2.33. The lowest BCUT2D eigenvalue weighted by Crippen LogP contribution is -2.46. The fourth-order valence-electron chi connectivity index (χ4n) is 2.75. The van der Waals surface area contributed by atoms with Gasteiger partial charge < -0.3 is 4.90 Å². The smallest absolute Gasteiger partial charge is 0.246 e. The minimum absolute atomic E-state index is 0.0636. The molecule has 1 unspecified atom stereocenters. The van der Waals surface area contributed by atoms with Crippen LogP contribution in [0.4, 0.5) is 4.39 Å². The minimum Gasteiger partial charge on any atom is -0.333 e. The average molecular weight is 247 g/mol. The van der Waals surface area contributed by atoms with Crippen molar-refractivity contribution in [2.24, 2.45) is 0 Å². The van der Waals surface area contributed by atoms with E-state index in [9.17, 15) is 9.18 Å². The third kappa shape index (κ3) is 2.30. The molecule has 0 bridgehead atoms. The maximum absolute atomic E-state index is 13.7. The predicted molar refractivity (Wildman–Crippen MR) is 69.7 cm³/mol. The molecule has 1 aliphatic rings. The zero-order chi connectivity index (χ0) is 13.2. The van der Waals surface area contributed by atoms with Crippen LogP contribution < -0.4 is 0 Å². The van der Waals surface area contributed by atoms with E-state index in [1.807, 2.05) is 17.9 Å². The zero-order valence-corrected chi connectivity index (χ0v) is 10.7. The van der Waals surface area contributed by atoms with Gasteiger partial charge in [-0.1, -0.05) is 24.8 Å². The fraction of sp³-hybridized carbons (Fsp3) is 0.400. The van der Waals surface area contributed by atoms with Gasteiger partial charge in [0.15, 0.2) is 0 Å². The SMILES string of the molecule is C=CC(=O)N1CCCC1(C)Cc1ccccc1F. The standard InChI is InChI=1S/C15H18FNO/c1-3-14(18)17-10-6-9-15(17,2)11-12-7-4-5-8-13(12)16/h3-5,7-8H,1,6,9-11H2,2H3. The maximum atomic E-state index is 13.7. The largest absolute Gasteiger partial charge is 0.333 e. The summed E-state index contributed by atoms with van der Waals surface area (Å²) in [5.74, 6) is -0.261. The van der Waals surface area contributed by atoms with Crippen molar-refractivity contribution in [3.8, 4) is 0 Å². The molecule has 2 nitrogen and oxygen atoms in total. The van der Waals surface area contributed by atoms with Gasteiger partial charge in [-0.3, -0.25) is 4.79 Å². The number of likely N-dealkylation sites (tertiary alicyclic amines) is 1. The Morgan fingerprint density at radius 1 is 1.56 bits per heavy atom. The molecule has 3 heteroatoms. The molecule has 2 rings (SSSR count). The molecule has 96 valence electrons. The Hall–Kier alpha value is -1.64. The van der Waals surface area contributed by atoms with E-state index in [2.05, 4.69) is 6.58 Å². The average Bonchev–Trinajstić information content (AvgIpc) is 2.73. The van der Waals surface area contributed by atoms with Gasteiger partial charge in [-0.05, 0) is 43.9 Å². The lowest BCUT2D eigenvalue weighted by molar-refractivity contribution is -0.129. The van der Waals surface area contributed by atoms with Gasteiger partial charge >= 0.3 is 0 Å². The molecule has 1 aliphatic heterocycles. The number of nitrogens with zero attached hydrogens (tertiary/aromatic N) is 1. The minimum atomic E-state index is -0.298. The van der Waals surface area contributed by atoms with Crippen molar-refractivity contribution in [2.45, 2.75) is 31.7 Å². The first kappa shape index (κ1) is 12.8. The Balaban J connectivity index is 2.23. The second-order valence-electron chi connectivity index (χ2n) is 5.06. The van der Waals surface area contributed by atoms with Gasteiger partial charge in [-0.2, -0.15) is 0 Å². The summed E-state index contributed by atoms with van der Waals surface area (Å²) < 4.78 is 13.7. The number of halogens is 1. The third-order valence-electron chi connectivity index (χ3n) is 3.72. The number of carbonyl (C=O) groups excluding carboxylic acids is 1. The van der Waals surface area contributed by atoms with Crippen molar-refractivity contribution >= 4 is 5.91 Å². The van der Waals surface area contributed by atoms with E-state index in [0.717, 1.165) is 19.4 Å². The summed E-state index contributed by atoms with van der Waals surface area (Å²) in [4.78, 5) is 13.6. The van der Waals surface area contributed by atoms with Gasteiger partial charge in [-0.15, -0.1) is 0 Å². The Morgan fingerprint density at radius 3 is 2.94 bits per heavy atom. The van der Waals surface area contributed by atoms with Gasteiger partial charge in [0.2, 0.25) is 5.91 Å².